The predicted molar refractivity (Wildman–Crippen MR) is 130 cm³/mol. The number of carbonyl (C=O) groups excluding carboxylic acids is 2. The molecule has 1 aliphatic rings. The van der Waals surface area contributed by atoms with Gasteiger partial charge in [-0.25, -0.2) is 0 Å². The number of rotatable bonds is 6. The van der Waals surface area contributed by atoms with Crippen LogP contribution in [0.25, 0.3) is 0 Å². The van der Waals surface area contributed by atoms with Gasteiger partial charge in [0.05, 0.1) is 23.4 Å². The van der Waals surface area contributed by atoms with E-state index in [0.717, 1.165) is 30.4 Å². The van der Waals surface area contributed by atoms with Crippen LogP contribution in [0.2, 0.25) is 0 Å². The second-order valence-corrected chi connectivity index (χ2v) is 9.12. The van der Waals surface area contributed by atoms with Gasteiger partial charge in [0.2, 0.25) is 0 Å². The Bertz CT molecular complexity index is 974. The van der Waals surface area contributed by atoms with Crippen molar-refractivity contribution in [2.24, 2.45) is 5.92 Å². The van der Waals surface area contributed by atoms with Crippen LogP contribution >= 0.6 is 28.1 Å². The number of amides is 2. The number of hydrogen-bond donors (Lipinski definition) is 2. The van der Waals surface area contributed by atoms with Crippen molar-refractivity contribution >= 4 is 50.8 Å². The Morgan fingerprint density at radius 2 is 1.84 bits per heavy atom. The highest BCUT2D eigenvalue weighted by Gasteiger charge is 2.22. The van der Waals surface area contributed by atoms with Gasteiger partial charge in [-0.05, 0) is 61.3 Å². The lowest BCUT2D eigenvalue weighted by molar-refractivity contribution is 0.0793. The molecule has 0 atom stereocenters. The zero-order valence-electron chi connectivity index (χ0n) is 17.6. The molecule has 0 radical (unpaired) electrons. The summed E-state index contributed by atoms with van der Waals surface area (Å²) in [5.74, 6) is 0.390. The van der Waals surface area contributed by atoms with Crippen LogP contribution in [0.1, 0.15) is 47.4 Å². The van der Waals surface area contributed by atoms with E-state index in [1.807, 2.05) is 36.9 Å². The van der Waals surface area contributed by atoms with E-state index in [0.29, 0.717) is 35.1 Å². The van der Waals surface area contributed by atoms with Gasteiger partial charge in [0, 0.05) is 17.6 Å². The smallest absolute Gasteiger partial charge is 0.261 e. The number of hydrogen-bond acceptors (Lipinski definition) is 4. The molecule has 0 unspecified atom stereocenters. The lowest BCUT2D eigenvalue weighted by Gasteiger charge is -2.19. The van der Waals surface area contributed by atoms with Gasteiger partial charge in [0.15, 0.2) is 5.11 Å². The molecule has 3 rings (SSSR count). The van der Waals surface area contributed by atoms with Crippen LogP contribution in [0.5, 0.6) is 5.75 Å². The van der Waals surface area contributed by atoms with Crippen molar-refractivity contribution in [2.75, 3.05) is 25.0 Å². The number of halogens is 1. The summed E-state index contributed by atoms with van der Waals surface area (Å²) >= 11 is 8.75. The van der Waals surface area contributed by atoms with Crippen molar-refractivity contribution in [3.63, 3.8) is 0 Å². The maximum absolute atomic E-state index is 12.9. The SMILES string of the molecule is CC(C)COc1ccc(Br)cc1C(=O)NC(=S)Nc1ccccc1C(=O)N1CCCC1. The van der Waals surface area contributed by atoms with Gasteiger partial charge in [0.25, 0.3) is 11.8 Å². The molecule has 0 spiro atoms. The van der Waals surface area contributed by atoms with Crippen LogP contribution in [0.15, 0.2) is 46.9 Å². The maximum Gasteiger partial charge on any atom is 0.261 e. The van der Waals surface area contributed by atoms with Gasteiger partial charge in [0.1, 0.15) is 5.75 Å². The quantitative estimate of drug-likeness (QED) is 0.551. The van der Waals surface area contributed by atoms with E-state index in [1.54, 1.807) is 24.3 Å². The first-order valence-electron chi connectivity index (χ1n) is 10.3. The van der Waals surface area contributed by atoms with E-state index in [-0.39, 0.29) is 16.9 Å². The van der Waals surface area contributed by atoms with E-state index < -0.39 is 0 Å². The second-order valence-electron chi connectivity index (χ2n) is 7.80. The van der Waals surface area contributed by atoms with Crippen LogP contribution in [0.4, 0.5) is 5.69 Å². The molecule has 0 aliphatic carbocycles. The number of carbonyl (C=O) groups is 2. The number of benzene rings is 2. The van der Waals surface area contributed by atoms with Crippen molar-refractivity contribution in [1.29, 1.82) is 0 Å². The summed E-state index contributed by atoms with van der Waals surface area (Å²) in [6, 6.07) is 12.4. The highest BCUT2D eigenvalue weighted by atomic mass is 79.9. The third kappa shape index (κ3) is 6.27. The van der Waals surface area contributed by atoms with E-state index in [1.165, 1.54) is 0 Å². The van der Waals surface area contributed by atoms with E-state index in [2.05, 4.69) is 26.6 Å². The Labute approximate surface area is 196 Å². The van der Waals surface area contributed by atoms with Crippen LogP contribution in [-0.4, -0.2) is 41.5 Å². The van der Waals surface area contributed by atoms with Gasteiger partial charge in [-0.1, -0.05) is 41.9 Å². The van der Waals surface area contributed by atoms with Gasteiger partial charge in [-0.3, -0.25) is 14.9 Å². The Balaban J connectivity index is 1.71. The lowest BCUT2D eigenvalue weighted by Crippen LogP contribution is -2.35. The summed E-state index contributed by atoms with van der Waals surface area (Å²) in [6.45, 7) is 6.10. The maximum atomic E-state index is 12.9. The molecule has 0 aromatic heterocycles. The standard InChI is InChI=1S/C23H26BrN3O3S/c1-15(2)14-30-20-10-9-16(24)13-18(20)21(28)26-23(31)25-19-8-4-3-7-17(19)22(29)27-11-5-6-12-27/h3-4,7-10,13,15H,5-6,11-12,14H2,1-2H3,(H2,25,26,28,31). The fraction of sp³-hybridized carbons (Fsp3) is 0.348. The summed E-state index contributed by atoms with van der Waals surface area (Å²) in [5.41, 5.74) is 1.47. The van der Waals surface area contributed by atoms with Crippen molar-refractivity contribution in [2.45, 2.75) is 26.7 Å². The van der Waals surface area contributed by atoms with E-state index in [4.69, 9.17) is 17.0 Å². The molecule has 1 saturated heterocycles. The molecule has 2 aromatic carbocycles. The molecule has 2 aromatic rings. The molecule has 164 valence electrons. The van der Waals surface area contributed by atoms with Crippen molar-refractivity contribution in [1.82, 2.24) is 10.2 Å². The van der Waals surface area contributed by atoms with E-state index >= 15 is 0 Å². The monoisotopic (exact) mass is 503 g/mol. The van der Waals surface area contributed by atoms with Gasteiger partial charge in [-0.15, -0.1) is 0 Å². The van der Waals surface area contributed by atoms with Crippen molar-refractivity contribution in [3.8, 4) is 5.75 Å². The zero-order valence-corrected chi connectivity index (χ0v) is 20.0. The molecule has 1 fully saturated rings. The Hall–Kier alpha value is -2.45. The number of para-hydroxylation sites is 1. The minimum Gasteiger partial charge on any atom is -0.492 e. The molecule has 2 N–H and O–H groups in total. The third-order valence-electron chi connectivity index (χ3n) is 4.78. The van der Waals surface area contributed by atoms with Crippen LogP contribution in [0.3, 0.4) is 0 Å². The topological polar surface area (TPSA) is 70.7 Å². The summed E-state index contributed by atoms with van der Waals surface area (Å²) in [6.07, 6.45) is 2.04. The largest absolute Gasteiger partial charge is 0.492 e. The van der Waals surface area contributed by atoms with Crippen molar-refractivity contribution in [3.05, 3.63) is 58.1 Å². The number of thiocarbonyl (C=S) groups is 1. The fourth-order valence-corrected chi connectivity index (χ4v) is 3.82. The predicted octanol–water partition coefficient (Wildman–Crippen LogP) is 4.85. The van der Waals surface area contributed by atoms with Gasteiger partial charge >= 0.3 is 0 Å². The highest BCUT2D eigenvalue weighted by molar-refractivity contribution is 9.10. The van der Waals surface area contributed by atoms with Gasteiger partial charge < -0.3 is 15.0 Å². The molecular weight excluding hydrogens is 478 g/mol. The molecule has 1 aliphatic heterocycles. The first kappa shape index (κ1) is 23.2. The molecular formula is C23H26BrN3O3S. The molecule has 8 heteroatoms. The summed E-state index contributed by atoms with van der Waals surface area (Å²) in [7, 11) is 0. The number of nitrogens with zero attached hydrogens (tertiary/aromatic N) is 1. The fourth-order valence-electron chi connectivity index (χ4n) is 3.26. The minimum atomic E-state index is -0.388. The number of anilines is 1. The van der Waals surface area contributed by atoms with Gasteiger partial charge in [-0.2, -0.15) is 0 Å². The van der Waals surface area contributed by atoms with Crippen LogP contribution in [-0.2, 0) is 0 Å². The first-order valence-corrected chi connectivity index (χ1v) is 11.5. The summed E-state index contributed by atoms with van der Waals surface area (Å²) in [4.78, 5) is 27.5. The average molecular weight is 504 g/mol. The molecule has 0 saturated carbocycles. The average Bonchev–Trinajstić information content (AvgIpc) is 3.27. The summed E-state index contributed by atoms with van der Waals surface area (Å²) < 4.78 is 6.55. The second kappa shape index (κ2) is 10.7. The Morgan fingerprint density at radius 3 is 2.55 bits per heavy atom. The molecule has 6 nitrogen and oxygen atoms in total. The van der Waals surface area contributed by atoms with Crippen LogP contribution in [0, 0.1) is 5.92 Å². The zero-order chi connectivity index (χ0) is 22.4. The number of likely N-dealkylation sites (tertiary alicyclic amines) is 1. The normalized spacial score (nSPS) is 13.2. The molecule has 0 bridgehead atoms. The third-order valence-corrected chi connectivity index (χ3v) is 5.48. The van der Waals surface area contributed by atoms with Crippen molar-refractivity contribution < 1.29 is 14.3 Å². The molecule has 2 amide bonds. The van der Waals surface area contributed by atoms with Crippen LogP contribution < -0.4 is 15.4 Å². The Morgan fingerprint density at radius 1 is 1.13 bits per heavy atom. The minimum absolute atomic E-state index is 0.0360. The number of ether oxygens (including phenoxy) is 1. The first-order chi connectivity index (χ1) is 14.8. The molecule has 31 heavy (non-hydrogen) atoms. The number of nitrogens with one attached hydrogen (secondary N) is 2. The van der Waals surface area contributed by atoms with E-state index in [9.17, 15) is 9.59 Å². The Kier molecular flexibility index (Phi) is 8.03. The molecule has 1 heterocycles. The summed E-state index contributed by atoms with van der Waals surface area (Å²) in [5, 5.41) is 5.80. The highest BCUT2D eigenvalue weighted by Crippen LogP contribution is 2.24. The lowest BCUT2D eigenvalue weighted by atomic mass is 10.1.